The number of nitrogens with one attached hydrogen (secondary N) is 2. The Morgan fingerprint density at radius 3 is 2.12 bits per heavy atom. The van der Waals surface area contributed by atoms with Crippen molar-refractivity contribution in [2.75, 3.05) is 5.32 Å². The lowest BCUT2D eigenvalue weighted by molar-refractivity contribution is -0.115. The molecule has 4 rings (SSSR count). The Morgan fingerprint density at radius 1 is 0.781 bits per heavy atom. The van der Waals surface area contributed by atoms with Crippen molar-refractivity contribution in [3.8, 4) is 0 Å². The van der Waals surface area contributed by atoms with E-state index in [4.69, 9.17) is 0 Å². The molecule has 2 amide bonds. The summed E-state index contributed by atoms with van der Waals surface area (Å²) in [4.78, 5) is 27.4. The van der Waals surface area contributed by atoms with Crippen molar-refractivity contribution in [3.63, 3.8) is 0 Å². The second-order valence-corrected chi connectivity index (χ2v) is 9.24. The number of rotatable bonds is 7. The van der Waals surface area contributed by atoms with E-state index < -0.39 is 5.25 Å². The van der Waals surface area contributed by atoms with Gasteiger partial charge in [0.1, 0.15) is 5.25 Å². The smallest absolute Gasteiger partial charge is 0.253 e. The average Bonchev–Trinajstić information content (AvgIpc) is 2.84. The molecule has 2 N–H and O–H groups in total. The lowest BCUT2D eigenvalue weighted by Crippen LogP contribution is -2.36. The predicted octanol–water partition coefficient (Wildman–Crippen LogP) is 6.22. The van der Waals surface area contributed by atoms with Gasteiger partial charge >= 0.3 is 0 Å². The molecule has 0 aromatic heterocycles. The highest BCUT2D eigenvalue weighted by molar-refractivity contribution is 8.00. The fraction of sp³-hybridized carbons (Fsp3) is 0.259. The van der Waals surface area contributed by atoms with Crippen LogP contribution in [0.3, 0.4) is 0 Å². The van der Waals surface area contributed by atoms with E-state index in [2.05, 4.69) is 10.6 Å². The molecule has 32 heavy (non-hydrogen) atoms. The summed E-state index contributed by atoms with van der Waals surface area (Å²) >= 11 is 1.50. The third-order valence-electron chi connectivity index (χ3n) is 5.71. The van der Waals surface area contributed by atoms with Crippen LogP contribution in [0.25, 0.3) is 0 Å². The predicted molar refractivity (Wildman–Crippen MR) is 131 cm³/mol. The van der Waals surface area contributed by atoms with Gasteiger partial charge in [-0.25, -0.2) is 0 Å². The van der Waals surface area contributed by atoms with E-state index in [0.717, 1.165) is 36.1 Å². The van der Waals surface area contributed by atoms with Crippen molar-refractivity contribution in [2.45, 2.75) is 48.3 Å². The summed E-state index contributed by atoms with van der Waals surface area (Å²) in [7, 11) is 0. The molecule has 0 heterocycles. The largest absolute Gasteiger partial charge is 0.349 e. The molecule has 5 heteroatoms. The second kappa shape index (κ2) is 11.0. The van der Waals surface area contributed by atoms with Gasteiger partial charge in [0.15, 0.2) is 0 Å². The van der Waals surface area contributed by atoms with Crippen LogP contribution in [0.15, 0.2) is 89.8 Å². The van der Waals surface area contributed by atoms with Crippen molar-refractivity contribution < 1.29 is 9.59 Å². The Kier molecular flexibility index (Phi) is 7.62. The average molecular weight is 445 g/mol. The van der Waals surface area contributed by atoms with Crippen LogP contribution in [-0.4, -0.2) is 17.9 Å². The quantitative estimate of drug-likeness (QED) is 0.425. The Morgan fingerprint density at radius 2 is 1.41 bits per heavy atom. The third-order valence-corrected chi connectivity index (χ3v) is 6.97. The Bertz CT molecular complexity index is 1030. The molecule has 0 spiro atoms. The first-order chi connectivity index (χ1) is 15.7. The van der Waals surface area contributed by atoms with Gasteiger partial charge in [0.25, 0.3) is 5.91 Å². The number of anilines is 1. The van der Waals surface area contributed by atoms with Crippen LogP contribution in [-0.2, 0) is 4.79 Å². The number of carbonyl (C=O) groups is 2. The monoisotopic (exact) mass is 444 g/mol. The van der Waals surface area contributed by atoms with E-state index in [0.29, 0.717) is 11.3 Å². The van der Waals surface area contributed by atoms with Gasteiger partial charge in [-0.05, 0) is 42.7 Å². The normalized spacial score (nSPS) is 15.0. The molecule has 3 aromatic rings. The Balaban J connectivity index is 1.53. The van der Waals surface area contributed by atoms with Gasteiger partial charge in [0, 0.05) is 10.9 Å². The molecule has 0 saturated heterocycles. The van der Waals surface area contributed by atoms with Gasteiger partial charge in [-0.2, -0.15) is 0 Å². The third kappa shape index (κ3) is 5.80. The SMILES string of the molecule is O=C(NC1CCCCC1)c1ccccc1NC(=O)C(Sc1ccccc1)c1ccccc1. The van der Waals surface area contributed by atoms with Crippen molar-refractivity contribution in [1.29, 1.82) is 0 Å². The van der Waals surface area contributed by atoms with Gasteiger partial charge in [0.05, 0.1) is 11.3 Å². The molecule has 1 atom stereocenters. The molecule has 0 bridgehead atoms. The molecule has 1 saturated carbocycles. The van der Waals surface area contributed by atoms with E-state index >= 15 is 0 Å². The fourth-order valence-electron chi connectivity index (χ4n) is 4.03. The zero-order valence-electron chi connectivity index (χ0n) is 18.0. The molecule has 164 valence electrons. The minimum Gasteiger partial charge on any atom is -0.349 e. The van der Waals surface area contributed by atoms with Crippen molar-refractivity contribution in [2.24, 2.45) is 0 Å². The van der Waals surface area contributed by atoms with Crippen LogP contribution in [0.4, 0.5) is 5.69 Å². The first kappa shape index (κ1) is 22.2. The summed E-state index contributed by atoms with van der Waals surface area (Å²) in [6.07, 6.45) is 5.57. The van der Waals surface area contributed by atoms with Crippen molar-refractivity contribution in [3.05, 3.63) is 96.1 Å². The van der Waals surface area contributed by atoms with Gasteiger partial charge < -0.3 is 10.6 Å². The van der Waals surface area contributed by atoms with Crippen molar-refractivity contribution >= 4 is 29.3 Å². The number of thioether (sulfide) groups is 1. The highest BCUT2D eigenvalue weighted by atomic mass is 32.2. The van der Waals surface area contributed by atoms with Gasteiger partial charge in [0.2, 0.25) is 5.91 Å². The maximum Gasteiger partial charge on any atom is 0.253 e. The van der Waals surface area contributed by atoms with Gasteiger partial charge in [-0.1, -0.05) is 79.9 Å². The first-order valence-electron chi connectivity index (χ1n) is 11.2. The van der Waals surface area contributed by atoms with Crippen LogP contribution < -0.4 is 10.6 Å². The molecule has 1 fully saturated rings. The highest BCUT2D eigenvalue weighted by Crippen LogP contribution is 2.36. The molecule has 1 aliphatic carbocycles. The minimum absolute atomic E-state index is 0.125. The number of carbonyl (C=O) groups excluding carboxylic acids is 2. The van der Waals surface area contributed by atoms with E-state index in [-0.39, 0.29) is 17.9 Å². The van der Waals surface area contributed by atoms with Crippen LogP contribution >= 0.6 is 11.8 Å². The molecule has 4 nitrogen and oxygen atoms in total. The summed E-state index contributed by atoms with van der Waals surface area (Å²) in [5, 5.41) is 5.74. The Labute approximate surface area is 193 Å². The molecule has 1 aliphatic rings. The standard InChI is InChI=1S/C27H28N2O2S/c30-26(28-21-14-6-2-7-15-21)23-18-10-11-19-24(23)29-27(31)25(20-12-4-1-5-13-20)32-22-16-8-3-9-17-22/h1,3-5,8-13,16-19,21,25H,2,6-7,14-15H2,(H,28,30)(H,29,31). The van der Waals surface area contributed by atoms with E-state index in [1.807, 2.05) is 72.8 Å². The molecule has 3 aromatic carbocycles. The van der Waals surface area contributed by atoms with Gasteiger partial charge in [-0.15, -0.1) is 11.8 Å². The maximum atomic E-state index is 13.4. The second-order valence-electron chi connectivity index (χ2n) is 8.06. The van der Waals surface area contributed by atoms with Crippen LogP contribution in [0.1, 0.15) is 53.3 Å². The number of hydrogen-bond donors (Lipinski definition) is 2. The minimum atomic E-state index is -0.437. The van der Waals surface area contributed by atoms with Crippen LogP contribution in [0.2, 0.25) is 0 Å². The first-order valence-corrected chi connectivity index (χ1v) is 12.1. The highest BCUT2D eigenvalue weighted by Gasteiger charge is 2.24. The zero-order valence-corrected chi connectivity index (χ0v) is 18.8. The molecular weight excluding hydrogens is 416 g/mol. The van der Waals surface area contributed by atoms with E-state index in [9.17, 15) is 9.59 Å². The summed E-state index contributed by atoms with van der Waals surface area (Å²) in [5.41, 5.74) is 1.96. The molecular formula is C27H28N2O2S. The molecule has 0 aliphatic heterocycles. The maximum absolute atomic E-state index is 13.4. The fourth-order valence-corrected chi connectivity index (χ4v) is 5.08. The lowest BCUT2D eigenvalue weighted by Gasteiger charge is -2.23. The number of amides is 2. The summed E-state index contributed by atoms with van der Waals surface area (Å²) in [5.74, 6) is -0.275. The zero-order chi connectivity index (χ0) is 22.2. The number of hydrogen-bond acceptors (Lipinski definition) is 3. The number of benzene rings is 3. The number of para-hydroxylation sites is 1. The van der Waals surface area contributed by atoms with Crippen LogP contribution in [0, 0.1) is 0 Å². The summed E-state index contributed by atoms with van der Waals surface area (Å²) in [6.45, 7) is 0. The lowest BCUT2D eigenvalue weighted by atomic mass is 9.95. The van der Waals surface area contributed by atoms with E-state index in [1.54, 1.807) is 12.1 Å². The topological polar surface area (TPSA) is 58.2 Å². The van der Waals surface area contributed by atoms with Crippen LogP contribution in [0.5, 0.6) is 0 Å². The van der Waals surface area contributed by atoms with Crippen molar-refractivity contribution in [1.82, 2.24) is 5.32 Å². The Hall–Kier alpha value is -3.05. The van der Waals surface area contributed by atoms with Gasteiger partial charge in [-0.3, -0.25) is 9.59 Å². The molecule has 0 radical (unpaired) electrons. The summed E-state index contributed by atoms with van der Waals surface area (Å²) < 4.78 is 0. The molecule has 1 unspecified atom stereocenters. The summed E-state index contributed by atoms with van der Waals surface area (Å²) in [6, 6.07) is 27.1. The van der Waals surface area contributed by atoms with E-state index in [1.165, 1.54) is 18.2 Å².